The predicted molar refractivity (Wildman–Crippen MR) is 152 cm³/mol. The summed E-state index contributed by atoms with van der Waals surface area (Å²) in [7, 11) is 1.49. The minimum absolute atomic E-state index is 0.00758. The number of ether oxygens (including phenoxy) is 1. The number of hydrogen-bond acceptors (Lipinski definition) is 5. The monoisotopic (exact) mass is 527 g/mol. The molecule has 5 rings (SSSR count). The van der Waals surface area contributed by atoms with Crippen LogP contribution < -0.4 is 15.5 Å². The lowest BCUT2D eigenvalue weighted by Crippen LogP contribution is -2.29. The van der Waals surface area contributed by atoms with Crippen molar-refractivity contribution < 1.29 is 14.6 Å². The fourth-order valence-corrected chi connectivity index (χ4v) is 5.41. The Balaban J connectivity index is 1.57. The van der Waals surface area contributed by atoms with Gasteiger partial charge in [0.2, 0.25) is 5.91 Å². The number of aryl methyl sites for hydroxylation is 1. The Hall–Kier alpha value is -4.21. The highest BCUT2D eigenvalue weighted by Gasteiger charge is 2.42. The molecule has 0 aliphatic carbocycles. The van der Waals surface area contributed by atoms with Gasteiger partial charge >= 0.3 is 0 Å². The fraction of sp³-hybridized carbons (Fsp3) is 0.207. The highest BCUT2D eigenvalue weighted by Crippen LogP contribution is 2.44. The molecule has 38 heavy (non-hydrogen) atoms. The lowest BCUT2D eigenvalue weighted by molar-refractivity contribution is -0.119. The molecule has 9 heteroatoms. The van der Waals surface area contributed by atoms with Gasteiger partial charge in [-0.15, -0.1) is 0 Å². The van der Waals surface area contributed by atoms with E-state index >= 15 is 0 Å². The number of hydrogen-bond donors (Lipinski definition) is 3. The van der Waals surface area contributed by atoms with Crippen LogP contribution in [0, 0.1) is 13.8 Å². The SMILES string of the molecule is COCC(=O)Nc1ccc(N2C(=S)N[C@H](c3ccccn3)[C@H]2c2cc(C)n(-c3ccc(O)cc3)c2C)cc1. The van der Waals surface area contributed by atoms with Crippen molar-refractivity contribution in [3.8, 4) is 11.4 Å². The fourth-order valence-electron chi connectivity index (χ4n) is 5.07. The molecule has 2 atom stereocenters. The van der Waals surface area contributed by atoms with Crippen LogP contribution in [-0.4, -0.2) is 39.4 Å². The Morgan fingerprint density at radius 2 is 1.79 bits per heavy atom. The van der Waals surface area contributed by atoms with Crippen LogP contribution in [0.3, 0.4) is 0 Å². The number of phenols is 1. The first-order valence-electron chi connectivity index (χ1n) is 12.2. The predicted octanol–water partition coefficient (Wildman–Crippen LogP) is 4.96. The minimum atomic E-state index is -0.214. The maximum Gasteiger partial charge on any atom is 0.250 e. The molecule has 0 bridgehead atoms. The summed E-state index contributed by atoms with van der Waals surface area (Å²) in [5, 5.41) is 16.7. The maximum absolute atomic E-state index is 11.9. The summed E-state index contributed by atoms with van der Waals surface area (Å²) >= 11 is 5.87. The molecule has 1 saturated heterocycles. The van der Waals surface area contributed by atoms with Crippen molar-refractivity contribution in [1.29, 1.82) is 0 Å². The second kappa shape index (κ2) is 10.6. The molecule has 1 aliphatic rings. The molecule has 0 spiro atoms. The zero-order valence-electron chi connectivity index (χ0n) is 21.4. The number of amides is 1. The highest BCUT2D eigenvalue weighted by molar-refractivity contribution is 7.80. The molecule has 3 heterocycles. The number of aromatic nitrogens is 2. The molecule has 8 nitrogen and oxygen atoms in total. The van der Waals surface area contributed by atoms with Crippen LogP contribution in [0.4, 0.5) is 11.4 Å². The van der Waals surface area contributed by atoms with E-state index in [1.807, 2.05) is 54.6 Å². The number of phenolic OH excluding ortho intramolecular Hbond substituents is 1. The van der Waals surface area contributed by atoms with E-state index in [1.165, 1.54) is 7.11 Å². The molecule has 0 unspecified atom stereocenters. The zero-order valence-corrected chi connectivity index (χ0v) is 22.2. The third-order valence-electron chi connectivity index (χ3n) is 6.70. The topological polar surface area (TPSA) is 91.7 Å². The van der Waals surface area contributed by atoms with Gasteiger partial charge in [-0.1, -0.05) is 6.07 Å². The molecule has 194 valence electrons. The number of anilines is 2. The third-order valence-corrected chi connectivity index (χ3v) is 7.01. The number of methoxy groups -OCH3 is 1. The van der Waals surface area contributed by atoms with Crippen LogP contribution >= 0.6 is 12.2 Å². The van der Waals surface area contributed by atoms with Crippen molar-refractivity contribution >= 4 is 34.6 Å². The number of rotatable bonds is 7. The van der Waals surface area contributed by atoms with Crippen LogP contribution in [0.5, 0.6) is 5.75 Å². The van der Waals surface area contributed by atoms with E-state index in [0.29, 0.717) is 10.8 Å². The van der Waals surface area contributed by atoms with Crippen molar-refractivity contribution in [2.24, 2.45) is 0 Å². The molecule has 4 aromatic rings. The standard InChI is InChI=1S/C29H29N5O3S/c1-18-16-24(19(2)33(18)21-11-13-23(35)14-12-21)28-27(25-6-4-5-15-30-25)32-29(38)34(28)22-9-7-20(8-10-22)31-26(36)17-37-3/h4-16,27-28,35H,17H2,1-3H3,(H,31,36)(H,32,38)/t27-,28-/m1/s1. The van der Waals surface area contributed by atoms with E-state index in [0.717, 1.165) is 34.0 Å². The van der Waals surface area contributed by atoms with E-state index in [9.17, 15) is 9.90 Å². The number of nitrogens with one attached hydrogen (secondary N) is 2. The van der Waals surface area contributed by atoms with E-state index in [4.69, 9.17) is 17.0 Å². The van der Waals surface area contributed by atoms with Crippen LogP contribution in [0.25, 0.3) is 5.69 Å². The average molecular weight is 528 g/mol. The lowest BCUT2D eigenvalue weighted by atomic mass is 9.96. The van der Waals surface area contributed by atoms with Crippen molar-refractivity contribution in [3.63, 3.8) is 0 Å². The van der Waals surface area contributed by atoms with Crippen LogP contribution in [0.1, 0.15) is 34.7 Å². The Bertz CT molecular complexity index is 1450. The van der Waals surface area contributed by atoms with Crippen LogP contribution in [-0.2, 0) is 9.53 Å². The summed E-state index contributed by atoms with van der Waals surface area (Å²) in [6, 6.07) is 22.5. The van der Waals surface area contributed by atoms with Gasteiger partial charge in [-0.25, -0.2) is 0 Å². The lowest BCUT2D eigenvalue weighted by Gasteiger charge is -2.28. The van der Waals surface area contributed by atoms with E-state index in [2.05, 4.69) is 45.0 Å². The Labute approximate surface area is 226 Å². The van der Waals surface area contributed by atoms with Gasteiger partial charge in [-0.05, 0) is 98.4 Å². The molecule has 2 aromatic carbocycles. The van der Waals surface area contributed by atoms with Gasteiger partial charge in [0, 0.05) is 41.8 Å². The summed E-state index contributed by atoms with van der Waals surface area (Å²) in [4.78, 5) is 18.7. The summed E-state index contributed by atoms with van der Waals surface area (Å²) in [5.74, 6) is 0.0124. The first-order chi connectivity index (χ1) is 18.4. The van der Waals surface area contributed by atoms with Gasteiger partial charge in [0.25, 0.3) is 0 Å². The highest BCUT2D eigenvalue weighted by atomic mass is 32.1. The normalized spacial score (nSPS) is 16.9. The van der Waals surface area contributed by atoms with Crippen molar-refractivity contribution in [2.45, 2.75) is 25.9 Å². The number of aromatic hydroxyl groups is 1. The summed E-state index contributed by atoms with van der Waals surface area (Å²) < 4.78 is 7.09. The second-order valence-electron chi connectivity index (χ2n) is 9.20. The van der Waals surface area contributed by atoms with Crippen LogP contribution in [0.2, 0.25) is 0 Å². The second-order valence-corrected chi connectivity index (χ2v) is 9.59. The average Bonchev–Trinajstić information content (AvgIpc) is 3.41. The van der Waals surface area contributed by atoms with E-state index in [-0.39, 0.29) is 30.3 Å². The van der Waals surface area contributed by atoms with Gasteiger partial charge in [0.05, 0.1) is 17.8 Å². The molecule has 1 amide bonds. The molecule has 3 N–H and O–H groups in total. The smallest absolute Gasteiger partial charge is 0.250 e. The first-order valence-corrected chi connectivity index (χ1v) is 12.7. The number of benzene rings is 2. The first kappa shape index (κ1) is 25.4. The number of carbonyl (C=O) groups excluding carboxylic acids is 1. The van der Waals surface area contributed by atoms with Gasteiger partial charge in [0.15, 0.2) is 5.11 Å². The van der Waals surface area contributed by atoms with Crippen molar-refractivity contribution in [1.82, 2.24) is 14.9 Å². The van der Waals surface area contributed by atoms with Crippen molar-refractivity contribution in [2.75, 3.05) is 23.9 Å². The molecule has 0 saturated carbocycles. The number of nitrogens with zero attached hydrogens (tertiary/aromatic N) is 3. The molecule has 1 aliphatic heterocycles. The van der Waals surface area contributed by atoms with E-state index < -0.39 is 0 Å². The molecular weight excluding hydrogens is 498 g/mol. The molecule has 1 fully saturated rings. The molecule has 0 radical (unpaired) electrons. The zero-order chi connectivity index (χ0) is 26.8. The van der Waals surface area contributed by atoms with Gasteiger partial charge in [0.1, 0.15) is 12.4 Å². The van der Waals surface area contributed by atoms with Crippen LogP contribution in [0.15, 0.2) is 79.0 Å². The van der Waals surface area contributed by atoms with Gasteiger partial charge in [-0.2, -0.15) is 0 Å². The quantitative estimate of drug-likeness (QED) is 0.293. The summed E-state index contributed by atoms with van der Waals surface area (Å²) in [6.07, 6.45) is 1.79. The maximum atomic E-state index is 11.9. The van der Waals surface area contributed by atoms with E-state index in [1.54, 1.807) is 18.3 Å². The molecular formula is C29H29N5O3S. The van der Waals surface area contributed by atoms with Gasteiger partial charge in [-0.3, -0.25) is 9.78 Å². The number of thiocarbonyl (C=S) groups is 1. The third kappa shape index (κ3) is 4.85. The van der Waals surface area contributed by atoms with Crippen molar-refractivity contribution in [3.05, 3.63) is 102 Å². The summed E-state index contributed by atoms with van der Waals surface area (Å²) in [5.41, 5.74) is 6.67. The Morgan fingerprint density at radius 1 is 1.08 bits per heavy atom. The summed E-state index contributed by atoms with van der Waals surface area (Å²) in [6.45, 7) is 4.16. The van der Waals surface area contributed by atoms with Gasteiger partial charge < -0.3 is 29.9 Å². The molecule has 2 aromatic heterocycles. The Morgan fingerprint density at radius 3 is 2.45 bits per heavy atom. The largest absolute Gasteiger partial charge is 0.508 e. The minimum Gasteiger partial charge on any atom is -0.508 e. The number of carbonyl (C=O) groups is 1. The Kier molecular flexibility index (Phi) is 7.13. The number of pyridine rings is 1.